The van der Waals surface area contributed by atoms with E-state index < -0.39 is 0 Å². The fourth-order valence-corrected chi connectivity index (χ4v) is 6.26. The Morgan fingerprint density at radius 3 is 2.73 bits per heavy atom. The largest absolute Gasteiger partial charge is 0.281 e. The van der Waals surface area contributed by atoms with E-state index in [1.165, 1.54) is 24.3 Å². The monoisotopic (exact) mass is 351 g/mol. The predicted octanol–water partition coefficient (Wildman–Crippen LogP) is 3.61. The summed E-state index contributed by atoms with van der Waals surface area (Å²) in [6, 6.07) is 8.13. The van der Waals surface area contributed by atoms with E-state index in [1.54, 1.807) is 0 Å². The van der Waals surface area contributed by atoms with Gasteiger partial charge in [0.2, 0.25) is 0 Å². The molecule has 0 fully saturated rings. The third-order valence-corrected chi connectivity index (χ3v) is 7.43. The first-order valence-electron chi connectivity index (χ1n) is 4.63. The van der Waals surface area contributed by atoms with E-state index in [0.29, 0.717) is 0 Å². The lowest BCUT2D eigenvalue weighted by Crippen LogP contribution is -2.14. The lowest BCUT2D eigenvalue weighted by atomic mass is 10.2. The average molecular weight is 352 g/mol. The number of hydrogen-bond donors (Lipinski definition) is 0. The zero-order valence-corrected chi connectivity index (χ0v) is 12.1. The van der Waals surface area contributed by atoms with Gasteiger partial charge in [0, 0.05) is 25.8 Å². The Labute approximate surface area is 109 Å². The molecular formula is C11H11ClINS. The second-order valence-electron chi connectivity index (χ2n) is 3.02. The van der Waals surface area contributed by atoms with Crippen LogP contribution in [-0.4, -0.2) is 25.8 Å². The number of rotatable bonds is 1. The van der Waals surface area contributed by atoms with Crippen LogP contribution in [0.4, 0.5) is 0 Å². The van der Waals surface area contributed by atoms with Crippen molar-refractivity contribution in [2.45, 2.75) is 0 Å². The Bertz CT molecular complexity index is 411. The first kappa shape index (κ1) is 11.6. The molecule has 0 unspecified atom stereocenters. The minimum absolute atomic E-state index is 0.136. The molecule has 1 heterocycles. The maximum atomic E-state index is 5.89. The Hall–Kier alpha value is 0.130. The molecule has 0 radical (unpaired) electrons. The molecule has 0 aromatic heterocycles. The van der Waals surface area contributed by atoms with Gasteiger partial charge in [-0.3, -0.25) is 4.99 Å². The highest BCUT2D eigenvalue weighted by Crippen LogP contribution is 2.25. The summed E-state index contributed by atoms with van der Waals surface area (Å²) >= 11 is 7.90. The van der Waals surface area contributed by atoms with Gasteiger partial charge in [-0.25, -0.2) is 0 Å². The van der Waals surface area contributed by atoms with Gasteiger partial charge in [-0.1, -0.05) is 23.7 Å². The maximum absolute atomic E-state index is 5.89. The van der Waals surface area contributed by atoms with Crippen LogP contribution in [-0.2, 0) is 0 Å². The number of alkyl halides is 1. The van der Waals surface area contributed by atoms with Crippen LogP contribution >= 0.6 is 44.1 Å². The smallest absolute Gasteiger partial charge is 0.103 e. The standard InChI is InChI=1S/C11H11ClINS/c1-14-11-10(13-6-7-15-11)8-2-4-9(12)5-3-8/h2-5H,6-7H2,1H3. The molecule has 0 N–H and O–H groups in total. The molecule has 1 aliphatic rings. The highest BCUT2D eigenvalue weighted by atomic mass is 127. The number of aliphatic imine (C=N–C) groups is 1. The van der Waals surface area contributed by atoms with Crippen LogP contribution in [0.2, 0.25) is 5.02 Å². The van der Waals surface area contributed by atoms with Crippen molar-refractivity contribution in [2.75, 3.05) is 17.2 Å². The molecule has 0 aliphatic carbocycles. The fraction of sp³-hybridized carbons (Fsp3) is 0.273. The third kappa shape index (κ3) is 2.82. The molecule has 1 aliphatic heterocycles. The molecule has 0 amide bonds. The minimum atomic E-state index is 0.136. The van der Waals surface area contributed by atoms with E-state index in [4.69, 9.17) is 11.6 Å². The zero-order chi connectivity index (χ0) is 10.7. The van der Waals surface area contributed by atoms with Gasteiger partial charge in [0.15, 0.2) is 0 Å². The molecule has 2 rings (SSSR count). The van der Waals surface area contributed by atoms with Crippen molar-refractivity contribution >= 4 is 52.6 Å². The van der Waals surface area contributed by atoms with E-state index in [-0.39, 0.29) is 20.7 Å². The van der Waals surface area contributed by atoms with Crippen molar-refractivity contribution in [3.8, 4) is 0 Å². The molecule has 1 aromatic carbocycles. The fourth-order valence-electron chi connectivity index (χ4n) is 1.35. The van der Waals surface area contributed by atoms with Crippen LogP contribution in [0.1, 0.15) is 5.56 Å². The van der Waals surface area contributed by atoms with E-state index >= 15 is 0 Å². The van der Waals surface area contributed by atoms with Crippen LogP contribution in [0.5, 0.6) is 0 Å². The van der Waals surface area contributed by atoms with Gasteiger partial charge >= 0.3 is 0 Å². The summed E-state index contributed by atoms with van der Waals surface area (Å²) in [7, 11) is 1.88. The Morgan fingerprint density at radius 2 is 2.07 bits per heavy atom. The van der Waals surface area contributed by atoms with E-state index in [9.17, 15) is 0 Å². The zero-order valence-electron chi connectivity index (χ0n) is 8.34. The first-order valence-corrected chi connectivity index (χ1v) is 8.60. The summed E-state index contributed by atoms with van der Waals surface area (Å²) in [5.41, 5.74) is 1.31. The number of thioether (sulfide) groups is 1. The topological polar surface area (TPSA) is 12.4 Å². The van der Waals surface area contributed by atoms with E-state index in [1.807, 2.05) is 30.9 Å². The summed E-state index contributed by atoms with van der Waals surface area (Å²) in [6.45, 7) is 0. The molecular weight excluding hydrogens is 341 g/mol. The van der Waals surface area contributed by atoms with Crippen LogP contribution in [0.3, 0.4) is 0 Å². The van der Waals surface area contributed by atoms with Gasteiger partial charge in [-0.2, -0.15) is 0 Å². The Kier molecular flexibility index (Phi) is 4.22. The van der Waals surface area contributed by atoms with Crippen LogP contribution in [0.25, 0.3) is 0 Å². The summed E-state index contributed by atoms with van der Waals surface area (Å²) in [5.74, 6) is 1.23. The quantitative estimate of drug-likeness (QED) is 0.556. The van der Waals surface area contributed by atoms with Crippen molar-refractivity contribution in [1.82, 2.24) is 0 Å². The Morgan fingerprint density at radius 1 is 1.33 bits per heavy atom. The molecule has 1 aromatic rings. The minimum Gasteiger partial charge on any atom is -0.281 e. The number of hydrogen-bond acceptors (Lipinski definition) is 2. The second-order valence-corrected chi connectivity index (χ2v) is 7.46. The number of nitrogens with zero attached hydrogens (tertiary/aromatic N) is 1. The summed E-state index contributed by atoms with van der Waals surface area (Å²) in [4.78, 5) is 4.36. The van der Waals surface area contributed by atoms with Crippen molar-refractivity contribution in [3.63, 3.8) is 0 Å². The molecule has 0 saturated heterocycles. The van der Waals surface area contributed by atoms with E-state index in [0.717, 1.165) is 5.02 Å². The van der Waals surface area contributed by atoms with Crippen molar-refractivity contribution in [2.24, 2.45) is 4.99 Å². The van der Waals surface area contributed by atoms with Crippen LogP contribution in [0.15, 0.2) is 29.3 Å². The molecule has 1 nitrogen and oxygen atoms in total. The predicted molar refractivity (Wildman–Crippen MR) is 80.3 cm³/mol. The molecule has 80 valence electrons. The average Bonchev–Trinajstić information content (AvgIpc) is 2.30. The summed E-state index contributed by atoms with van der Waals surface area (Å²) < 4.78 is 2.82. The summed E-state index contributed by atoms with van der Waals surface area (Å²) in [5, 5.41) is 2.03. The van der Waals surface area contributed by atoms with Gasteiger partial charge in [-0.15, -0.1) is 32.5 Å². The van der Waals surface area contributed by atoms with Crippen molar-refractivity contribution in [3.05, 3.63) is 34.9 Å². The van der Waals surface area contributed by atoms with Gasteiger partial charge in [-0.05, 0) is 17.7 Å². The van der Waals surface area contributed by atoms with Gasteiger partial charge in [0.1, 0.15) is 5.04 Å². The lowest BCUT2D eigenvalue weighted by molar-refractivity contribution is 1.47. The SMILES string of the molecule is CN=C1SCCI=C1c1ccc(Cl)cc1. The van der Waals surface area contributed by atoms with Gasteiger partial charge in [0.05, 0.1) is 0 Å². The third-order valence-electron chi connectivity index (χ3n) is 2.03. The highest BCUT2D eigenvalue weighted by molar-refractivity contribution is 14.2. The molecule has 0 bridgehead atoms. The first-order chi connectivity index (χ1) is 7.31. The molecule has 4 heteroatoms. The van der Waals surface area contributed by atoms with Crippen LogP contribution < -0.4 is 0 Å². The lowest BCUT2D eigenvalue weighted by Gasteiger charge is -2.14. The second kappa shape index (κ2) is 5.46. The highest BCUT2D eigenvalue weighted by Gasteiger charge is 2.14. The van der Waals surface area contributed by atoms with Crippen LogP contribution in [0, 0.1) is 0 Å². The molecule has 0 saturated carbocycles. The van der Waals surface area contributed by atoms with Gasteiger partial charge < -0.3 is 0 Å². The number of benzene rings is 1. The normalized spacial score (nSPS) is 19.6. The Balaban J connectivity index is 2.37. The van der Waals surface area contributed by atoms with Crippen molar-refractivity contribution < 1.29 is 0 Å². The van der Waals surface area contributed by atoms with E-state index in [2.05, 4.69) is 17.1 Å². The number of halogens is 2. The molecule has 0 atom stereocenters. The maximum Gasteiger partial charge on any atom is 0.103 e. The summed E-state index contributed by atoms with van der Waals surface area (Å²) in [6.07, 6.45) is 0. The van der Waals surface area contributed by atoms with Gasteiger partial charge in [0.25, 0.3) is 0 Å². The van der Waals surface area contributed by atoms with Crippen molar-refractivity contribution in [1.29, 1.82) is 0 Å². The molecule has 0 spiro atoms. The molecule has 15 heavy (non-hydrogen) atoms.